The first-order valence-corrected chi connectivity index (χ1v) is 36.1. The molecule has 19 aromatic rings. The van der Waals surface area contributed by atoms with Gasteiger partial charge < -0.3 is 9.13 Å². The molecule has 0 saturated carbocycles. The zero-order chi connectivity index (χ0) is 69.8. The van der Waals surface area contributed by atoms with Crippen molar-refractivity contribution in [2.45, 2.75) is 11.8 Å². The van der Waals surface area contributed by atoms with Crippen LogP contribution in [0.5, 0.6) is 0 Å². The summed E-state index contributed by atoms with van der Waals surface area (Å²) in [6.45, 7) is 0. The van der Waals surface area contributed by atoms with E-state index in [1.165, 1.54) is 77.1 Å². The van der Waals surface area contributed by atoms with Crippen molar-refractivity contribution in [1.82, 2.24) is 39.0 Å². The number of benzene rings is 15. The van der Waals surface area contributed by atoms with Gasteiger partial charge in [-0.3, -0.25) is 0 Å². The number of hydrogen-bond acceptors (Lipinski definition) is 6. The lowest BCUT2D eigenvalue weighted by Crippen LogP contribution is -2.27. The highest BCUT2D eigenvalue weighted by Crippen LogP contribution is 2.57. The van der Waals surface area contributed by atoms with Crippen LogP contribution in [0.25, 0.3) is 168 Å². The summed E-state index contributed by atoms with van der Waals surface area (Å²) in [4.78, 5) is 31.6. The normalized spacial score (nSPS) is 13.5. The topological polar surface area (TPSA) is 87.2 Å². The van der Waals surface area contributed by atoms with Gasteiger partial charge in [-0.05, 0) is 151 Å². The Balaban J connectivity index is 0.590. The first-order valence-electron chi connectivity index (χ1n) is 36.1. The lowest BCUT2D eigenvalue weighted by atomic mass is 9.60. The average Bonchev–Trinajstić information content (AvgIpc) is 0.935. The van der Waals surface area contributed by atoms with Gasteiger partial charge in [0.2, 0.25) is 0 Å². The van der Waals surface area contributed by atoms with Gasteiger partial charge in [-0.1, -0.05) is 291 Å². The largest absolute Gasteiger partial charge is 0.309 e. The molecule has 2 unspecified atom stereocenters. The molecule has 0 N–H and O–H groups in total. The molecule has 2 atom stereocenters. The first kappa shape index (κ1) is 60.7. The second-order valence-electron chi connectivity index (χ2n) is 27.6. The van der Waals surface area contributed by atoms with E-state index in [4.69, 9.17) is 29.9 Å². The molecule has 8 nitrogen and oxygen atoms in total. The van der Waals surface area contributed by atoms with Gasteiger partial charge in [0.25, 0.3) is 0 Å². The maximum atomic E-state index is 5.33. The summed E-state index contributed by atoms with van der Waals surface area (Å²) >= 11 is 0. The summed E-state index contributed by atoms with van der Waals surface area (Å²) in [5.41, 5.74) is 29.4. The van der Waals surface area contributed by atoms with E-state index in [0.717, 1.165) is 89.2 Å². The number of aromatic nitrogens is 8. The summed E-state index contributed by atoms with van der Waals surface area (Å²) in [7, 11) is 0. The van der Waals surface area contributed by atoms with Crippen LogP contribution in [0.3, 0.4) is 0 Å². The van der Waals surface area contributed by atoms with E-state index in [2.05, 4.69) is 337 Å². The molecule has 0 spiro atoms. The maximum Gasteiger partial charge on any atom is 0.164 e. The molecule has 8 heteroatoms. The molecule has 4 heterocycles. The Morgan fingerprint density at radius 3 is 0.858 bits per heavy atom. The van der Waals surface area contributed by atoms with Crippen LogP contribution in [0.15, 0.2) is 364 Å². The fraction of sp³-hybridized carbons (Fsp3) is 0.0204. The van der Waals surface area contributed by atoms with E-state index in [0.29, 0.717) is 34.9 Å². The Bertz CT molecular complexity index is 6280. The molecular weight excluding hydrogens is 1290 g/mol. The molecule has 22 rings (SSSR count). The van der Waals surface area contributed by atoms with Crippen LogP contribution in [0.2, 0.25) is 0 Å². The number of rotatable bonds is 12. The number of para-hydroxylation sites is 4. The molecule has 106 heavy (non-hydrogen) atoms. The Morgan fingerprint density at radius 2 is 0.453 bits per heavy atom. The molecule has 494 valence electrons. The Morgan fingerprint density at radius 1 is 0.170 bits per heavy atom. The molecule has 0 aliphatic heterocycles. The lowest BCUT2D eigenvalue weighted by Gasteiger charge is -2.42. The average molecular weight is 1350 g/mol. The fourth-order valence-electron chi connectivity index (χ4n) is 16.7. The minimum atomic E-state index is 0.0766. The molecule has 4 aromatic heterocycles. The summed E-state index contributed by atoms with van der Waals surface area (Å²) in [6, 6.07) is 130. The molecule has 0 amide bonds. The first-order chi connectivity index (χ1) is 52.5. The summed E-state index contributed by atoms with van der Waals surface area (Å²) < 4.78 is 4.71. The third kappa shape index (κ3) is 10.1. The monoisotopic (exact) mass is 1350 g/mol. The van der Waals surface area contributed by atoms with Gasteiger partial charge in [0.05, 0.1) is 22.1 Å². The zero-order valence-corrected chi connectivity index (χ0v) is 57.4. The Hall–Kier alpha value is -14.1. The highest BCUT2D eigenvalue weighted by molar-refractivity contribution is 6.12. The summed E-state index contributed by atoms with van der Waals surface area (Å²) in [5, 5.41) is 4.77. The maximum absolute atomic E-state index is 5.33. The van der Waals surface area contributed by atoms with Gasteiger partial charge in [0, 0.05) is 78.1 Å². The molecule has 15 aromatic carbocycles. The van der Waals surface area contributed by atoms with Crippen molar-refractivity contribution >= 4 is 43.6 Å². The summed E-state index contributed by atoms with van der Waals surface area (Å²) in [6.07, 6.45) is 0. The van der Waals surface area contributed by atoms with Gasteiger partial charge in [0.1, 0.15) is 0 Å². The highest BCUT2D eigenvalue weighted by atomic mass is 15.0. The molecule has 2 bridgehead atoms. The van der Waals surface area contributed by atoms with Crippen molar-refractivity contribution in [3.63, 3.8) is 0 Å². The SMILES string of the molecule is c1ccc(-c2nc(-c3ccc(-c4ccc5c(c4)C4c6ccccc6C5c5cc(-c6ccc(-c7nc(-c8ccccc8)nc(-c8ccccc8-c8ccc9c(c8)c8ccccc8n9-c8ccccc8)n7)cc6)ccc54)cc3)nc(-c3ccccc3-c3ccc4c(c3)c3ccccc3n4-c3ccccc3)n2)cc1. The van der Waals surface area contributed by atoms with E-state index in [1.807, 2.05) is 36.4 Å². The van der Waals surface area contributed by atoms with Crippen molar-refractivity contribution < 1.29 is 0 Å². The second-order valence-corrected chi connectivity index (χ2v) is 27.6. The van der Waals surface area contributed by atoms with Crippen molar-refractivity contribution in [1.29, 1.82) is 0 Å². The van der Waals surface area contributed by atoms with E-state index < -0.39 is 0 Å². The minimum Gasteiger partial charge on any atom is -0.309 e. The van der Waals surface area contributed by atoms with Crippen LogP contribution in [-0.2, 0) is 0 Å². The van der Waals surface area contributed by atoms with E-state index >= 15 is 0 Å². The van der Waals surface area contributed by atoms with E-state index in [1.54, 1.807) is 0 Å². The number of nitrogens with zero attached hydrogens (tertiary/aromatic N) is 8. The quantitative estimate of drug-likeness (QED) is 0.121. The van der Waals surface area contributed by atoms with Crippen LogP contribution in [0.1, 0.15) is 45.2 Å². The van der Waals surface area contributed by atoms with Gasteiger partial charge in [0.15, 0.2) is 34.9 Å². The third-order valence-corrected chi connectivity index (χ3v) is 21.7. The predicted molar refractivity (Wildman–Crippen MR) is 431 cm³/mol. The van der Waals surface area contributed by atoms with Crippen molar-refractivity contribution in [2.24, 2.45) is 0 Å². The van der Waals surface area contributed by atoms with Crippen molar-refractivity contribution in [3.05, 3.63) is 397 Å². The third-order valence-electron chi connectivity index (χ3n) is 21.7. The molecule has 0 radical (unpaired) electrons. The molecule has 3 aliphatic carbocycles. The van der Waals surface area contributed by atoms with Crippen LogP contribution >= 0.6 is 0 Å². The van der Waals surface area contributed by atoms with E-state index in [9.17, 15) is 0 Å². The number of fused-ring (bicyclic) bond motifs is 6. The van der Waals surface area contributed by atoms with Gasteiger partial charge >= 0.3 is 0 Å². The standard InChI is InChI=1S/C98H62N8/c1-5-23-63(24-6-1)93-99-95(103-97(101-93)81-37-17-13-31-73(81)69-51-55-89-83(59-69)75-33-19-21-39-87(75)105(89)71-27-9-3-10-28-71)65-45-41-61(42-46-65)67-49-53-79-85(57-67)91-77-35-15-16-36-78(77)92(79)86-58-68(50-54-80(86)91)62-43-47-66(48-44-62)96-100-94(64-25-7-2-8-26-64)102-98(104-96)82-38-18-14-32-74(82)70-52-56-90-84(60-70)76-34-20-22-40-88(76)106(90)72-29-11-4-12-30-72/h1-60,91-92H. The van der Waals surface area contributed by atoms with Crippen LogP contribution in [0, 0.1) is 0 Å². The van der Waals surface area contributed by atoms with Crippen molar-refractivity contribution in [3.8, 4) is 124 Å². The zero-order valence-electron chi connectivity index (χ0n) is 57.4. The Labute approximate surface area is 612 Å². The van der Waals surface area contributed by atoms with Gasteiger partial charge in [-0.25, -0.2) is 29.9 Å². The highest BCUT2D eigenvalue weighted by Gasteiger charge is 2.41. The van der Waals surface area contributed by atoms with Gasteiger partial charge in [-0.2, -0.15) is 0 Å². The van der Waals surface area contributed by atoms with Crippen LogP contribution in [0.4, 0.5) is 0 Å². The predicted octanol–water partition coefficient (Wildman–Crippen LogP) is 23.9. The van der Waals surface area contributed by atoms with E-state index in [-0.39, 0.29) is 11.8 Å². The number of hydrogen-bond donors (Lipinski definition) is 0. The fourth-order valence-corrected chi connectivity index (χ4v) is 16.7. The molecule has 3 aliphatic rings. The summed E-state index contributed by atoms with van der Waals surface area (Å²) in [5.74, 6) is 3.84. The molecule has 0 saturated heterocycles. The minimum absolute atomic E-state index is 0.0766. The molecular formula is C98H62N8. The molecule has 0 fully saturated rings. The van der Waals surface area contributed by atoms with Crippen molar-refractivity contribution in [2.75, 3.05) is 0 Å². The smallest absolute Gasteiger partial charge is 0.164 e. The van der Waals surface area contributed by atoms with Crippen LogP contribution in [-0.4, -0.2) is 39.0 Å². The Kier molecular flexibility index (Phi) is 14.2. The van der Waals surface area contributed by atoms with Gasteiger partial charge in [-0.15, -0.1) is 0 Å². The lowest BCUT2D eigenvalue weighted by molar-refractivity contribution is 0.755. The van der Waals surface area contributed by atoms with Crippen LogP contribution < -0.4 is 0 Å². The second kappa shape index (κ2) is 24.9.